The van der Waals surface area contributed by atoms with Gasteiger partial charge in [-0.05, 0) is 13.8 Å². The maximum Gasteiger partial charge on any atom is 0.118 e. The van der Waals surface area contributed by atoms with Crippen molar-refractivity contribution in [1.29, 1.82) is 0 Å². The molecule has 0 fully saturated rings. The van der Waals surface area contributed by atoms with Crippen LogP contribution in [0.25, 0.3) is 0 Å². The molecule has 0 saturated heterocycles. The Morgan fingerprint density at radius 1 is 1.54 bits per heavy atom. The second kappa shape index (κ2) is 3.64. The zero-order valence-electron chi connectivity index (χ0n) is 9.00. The van der Waals surface area contributed by atoms with E-state index >= 15 is 0 Å². The molecule has 0 aliphatic carbocycles. The molecule has 0 aliphatic heterocycles. The lowest BCUT2D eigenvalue weighted by atomic mass is 9.92. The van der Waals surface area contributed by atoms with Crippen molar-refractivity contribution < 1.29 is 19.5 Å². The molecule has 13 heavy (non-hydrogen) atoms. The summed E-state index contributed by atoms with van der Waals surface area (Å²) in [5.41, 5.74) is -1.23. The fourth-order valence-electron chi connectivity index (χ4n) is 1.27. The van der Waals surface area contributed by atoms with E-state index < -0.39 is 11.6 Å². The predicted octanol–water partition coefficient (Wildman–Crippen LogP) is -1.03. The van der Waals surface area contributed by atoms with Crippen LogP contribution in [0.1, 0.15) is 20.3 Å². The smallest absolute Gasteiger partial charge is 0.118 e. The van der Waals surface area contributed by atoms with Gasteiger partial charge in [0.25, 0.3) is 0 Å². The number of aliphatic carboxylic acids is 1. The second-order valence-corrected chi connectivity index (χ2v) is 4.70. The van der Waals surface area contributed by atoms with Gasteiger partial charge < -0.3 is 19.5 Å². The van der Waals surface area contributed by atoms with E-state index in [1.54, 1.807) is 0 Å². The van der Waals surface area contributed by atoms with E-state index in [4.69, 9.17) is 0 Å². The van der Waals surface area contributed by atoms with Crippen molar-refractivity contribution in [2.24, 2.45) is 0 Å². The van der Waals surface area contributed by atoms with Gasteiger partial charge in [-0.2, -0.15) is 0 Å². The van der Waals surface area contributed by atoms with E-state index in [1.165, 1.54) is 6.92 Å². The molecule has 4 nitrogen and oxygen atoms in total. The summed E-state index contributed by atoms with van der Waals surface area (Å²) < 4.78 is 0.514. The lowest BCUT2D eigenvalue weighted by molar-refractivity contribution is -0.901. The van der Waals surface area contributed by atoms with Crippen molar-refractivity contribution in [3.8, 4) is 0 Å². The van der Waals surface area contributed by atoms with Crippen molar-refractivity contribution in [2.45, 2.75) is 31.9 Å². The minimum atomic E-state index is -1.23. The van der Waals surface area contributed by atoms with E-state index in [1.807, 2.05) is 28.1 Å². The molecular weight excluding hydrogens is 170 g/mol. The number of nitrogens with zero attached hydrogens (tertiary/aromatic N) is 1. The van der Waals surface area contributed by atoms with Gasteiger partial charge in [0.1, 0.15) is 11.6 Å². The van der Waals surface area contributed by atoms with Crippen LogP contribution in [-0.4, -0.2) is 48.3 Å². The lowest BCUT2D eigenvalue weighted by Gasteiger charge is -2.40. The number of likely N-dealkylation sites (N-methyl/N-ethyl adjacent to an activating group) is 1. The van der Waals surface area contributed by atoms with Crippen molar-refractivity contribution in [1.82, 2.24) is 0 Å². The molecule has 0 aromatic rings. The summed E-state index contributed by atoms with van der Waals surface area (Å²) in [6, 6.07) is -0.162. The standard InChI is InChI=1S/C9H19NO3/c1-7(10(3,4)5)9(2,13)6-8(11)12/h7,13H,6H2,1-5H3. The number of hydrogen-bond acceptors (Lipinski definition) is 3. The van der Waals surface area contributed by atoms with Crippen molar-refractivity contribution in [2.75, 3.05) is 21.1 Å². The first-order valence-electron chi connectivity index (χ1n) is 4.30. The minimum Gasteiger partial charge on any atom is -0.550 e. The number of carboxylic acids is 1. The van der Waals surface area contributed by atoms with Gasteiger partial charge in [0.15, 0.2) is 0 Å². The number of rotatable bonds is 4. The third-order valence-corrected chi connectivity index (χ3v) is 2.56. The molecule has 0 aromatic heterocycles. The van der Waals surface area contributed by atoms with Crippen molar-refractivity contribution in [3.63, 3.8) is 0 Å². The van der Waals surface area contributed by atoms with Crippen molar-refractivity contribution >= 4 is 5.97 Å². The zero-order chi connectivity index (χ0) is 10.9. The highest BCUT2D eigenvalue weighted by Gasteiger charge is 2.37. The number of carbonyl (C=O) groups excluding carboxylic acids is 1. The number of quaternary nitrogens is 1. The van der Waals surface area contributed by atoms with E-state index in [-0.39, 0.29) is 12.5 Å². The molecule has 0 amide bonds. The zero-order valence-corrected chi connectivity index (χ0v) is 9.00. The van der Waals surface area contributed by atoms with Gasteiger partial charge in [-0.25, -0.2) is 0 Å². The molecule has 0 rings (SSSR count). The molecule has 1 N–H and O–H groups in total. The lowest BCUT2D eigenvalue weighted by Crippen LogP contribution is -2.57. The predicted molar refractivity (Wildman–Crippen MR) is 47.7 cm³/mol. The van der Waals surface area contributed by atoms with Crippen LogP contribution in [0.2, 0.25) is 0 Å². The Labute approximate surface area is 79.4 Å². The largest absolute Gasteiger partial charge is 0.550 e. The second-order valence-electron chi connectivity index (χ2n) is 4.70. The Morgan fingerprint density at radius 2 is 1.92 bits per heavy atom. The molecule has 0 spiro atoms. The average molecular weight is 189 g/mol. The fraction of sp³-hybridized carbons (Fsp3) is 0.889. The molecule has 0 aromatic carbocycles. The molecule has 0 radical (unpaired) electrons. The van der Waals surface area contributed by atoms with Gasteiger partial charge in [0, 0.05) is 12.4 Å². The summed E-state index contributed by atoms with van der Waals surface area (Å²) in [4.78, 5) is 10.4. The number of aliphatic hydroxyl groups is 1. The van der Waals surface area contributed by atoms with Crippen LogP contribution < -0.4 is 5.11 Å². The van der Waals surface area contributed by atoms with Gasteiger partial charge in [-0.15, -0.1) is 0 Å². The Balaban J connectivity index is 4.54. The van der Waals surface area contributed by atoms with E-state index in [2.05, 4.69) is 0 Å². The van der Waals surface area contributed by atoms with Crippen LogP contribution in [0.15, 0.2) is 0 Å². The first-order chi connectivity index (χ1) is 5.57. The third-order valence-electron chi connectivity index (χ3n) is 2.56. The monoisotopic (exact) mass is 189 g/mol. The van der Waals surface area contributed by atoms with E-state index in [0.717, 1.165) is 0 Å². The van der Waals surface area contributed by atoms with Crippen LogP contribution in [0.5, 0.6) is 0 Å². The molecule has 2 unspecified atom stereocenters. The fourth-order valence-corrected chi connectivity index (χ4v) is 1.27. The Morgan fingerprint density at radius 3 is 2.15 bits per heavy atom. The summed E-state index contributed by atoms with van der Waals surface area (Å²) in [5.74, 6) is -1.22. The van der Waals surface area contributed by atoms with Crippen LogP contribution in [0.4, 0.5) is 0 Å². The maximum absolute atomic E-state index is 10.4. The molecule has 2 atom stereocenters. The highest BCUT2D eigenvalue weighted by Crippen LogP contribution is 2.21. The summed E-state index contributed by atoms with van der Waals surface area (Å²) in [6.07, 6.45) is -0.330. The first kappa shape index (κ1) is 12.4. The average Bonchev–Trinajstić information content (AvgIpc) is 1.80. The van der Waals surface area contributed by atoms with Crippen molar-refractivity contribution in [3.05, 3.63) is 0 Å². The van der Waals surface area contributed by atoms with E-state index in [9.17, 15) is 15.0 Å². The molecule has 4 heteroatoms. The molecular formula is C9H19NO3. The SMILES string of the molecule is CC(C(C)(O)CC(=O)[O-])[N+](C)(C)C. The topological polar surface area (TPSA) is 60.4 Å². The number of carboxylic acid groups (broad SMARTS) is 1. The van der Waals surface area contributed by atoms with Gasteiger partial charge >= 0.3 is 0 Å². The molecule has 0 aliphatic rings. The molecule has 78 valence electrons. The maximum atomic E-state index is 10.4. The summed E-state index contributed by atoms with van der Waals surface area (Å²) in [7, 11) is 5.73. The minimum absolute atomic E-state index is 0.162. The molecule has 0 saturated carbocycles. The Hall–Kier alpha value is -0.610. The highest BCUT2D eigenvalue weighted by atomic mass is 16.4. The number of hydrogen-bond donors (Lipinski definition) is 1. The van der Waals surface area contributed by atoms with Crippen LogP contribution >= 0.6 is 0 Å². The van der Waals surface area contributed by atoms with Gasteiger partial charge in [0.2, 0.25) is 0 Å². The van der Waals surface area contributed by atoms with Crippen LogP contribution in [0.3, 0.4) is 0 Å². The Bertz CT molecular complexity index is 194. The molecule has 0 heterocycles. The normalized spacial score (nSPS) is 19.2. The molecule has 0 bridgehead atoms. The van der Waals surface area contributed by atoms with Gasteiger partial charge in [0.05, 0.1) is 21.1 Å². The van der Waals surface area contributed by atoms with Crippen LogP contribution in [0, 0.1) is 0 Å². The highest BCUT2D eigenvalue weighted by molar-refractivity contribution is 5.65. The third kappa shape index (κ3) is 3.74. The first-order valence-corrected chi connectivity index (χ1v) is 4.30. The number of carbonyl (C=O) groups is 1. The van der Waals surface area contributed by atoms with Crippen LogP contribution in [-0.2, 0) is 4.79 Å². The quantitative estimate of drug-likeness (QED) is 0.575. The van der Waals surface area contributed by atoms with E-state index in [0.29, 0.717) is 4.48 Å². The Kier molecular flexibility index (Phi) is 3.47. The summed E-state index contributed by atoms with van der Waals surface area (Å²) in [5, 5.41) is 20.2. The summed E-state index contributed by atoms with van der Waals surface area (Å²) in [6.45, 7) is 3.35. The van der Waals surface area contributed by atoms with Gasteiger partial charge in [-0.1, -0.05) is 0 Å². The summed E-state index contributed by atoms with van der Waals surface area (Å²) >= 11 is 0. The van der Waals surface area contributed by atoms with Gasteiger partial charge in [-0.3, -0.25) is 0 Å².